The second-order valence-corrected chi connectivity index (χ2v) is 5.92. The van der Waals surface area contributed by atoms with E-state index in [4.69, 9.17) is 11.6 Å². The SMILES string of the molecule is Cc1cc(C)c(NC(=O)Cc2cn3cc(F)ccc3n2)c(Cl)c1. The number of carbonyl (C=O) groups is 1. The van der Waals surface area contributed by atoms with Crippen LogP contribution in [0.4, 0.5) is 10.1 Å². The molecular formula is C17H15ClFN3O. The summed E-state index contributed by atoms with van der Waals surface area (Å²) in [6.07, 6.45) is 3.05. The quantitative estimate of drug-likeness (QED) is 0.790. The highest BCUT2D eigenvalue weighted by Gasteiger charge is 2.12. The molecule has 0 aliphatic rings. The molecule has 0 saturated carbocycles. The average Bonchev–Trinajstić information content (AvgIpc) is 2.84. The predicted octanol–water partition coefficient (Wildman–Crippen LogP) is 3.92. The molecule has 0 radical (unpaired) electrons. The van der Waals surface area contributed by atoms with E-state index in [1.807, 2.05) is 19.9 Å². The summed E-state index contributed by atoms with van der Waals surface area (Å²) in [5.74, 6) is -0.573. The normalized spacial score (nSPS) is 11.0. The maximum atomic E-state index is 13.2. The number of hydrogen-bond acceptors (Lipinski definition) is 2. The number of rotatable bonds is 3. The Balaban J connectivity index is 1.78. The van der Waals surface area contributed by atoms with Crippen molar-refractivity contribution in [1.82, 2.24) is 9.38 Å². The number of benzene rings is 1. The lowest BCUT2D eigenvalue weighted by Crippen LogP contribution is -2.15. The van der Waals surface area contributed by atoms with Crippen LogP contribution in [-0.2, 0) is 11.2 Å². The summed E-state index contributed by atoms with van der Waals surface area (Å²) in [5, 5.41) is 3.32. The molecular weight excluding hydrogens is 317 g/mol. The Bertz CT molecular complexity index is 881. The third-order valence-corrected chi connectivity index (χ3v) is 3.80. The lowest BCUT2D eigenvalue weighted by Gasteiger charge is -2.11. The lowest BCUT2D eigenvalue weighted by molar-refractivity contribution is -0.115. The van der Waals surface area contributed by atoms with Crippen LogP contribution in [0, 0.1) is 19.7 Å². The molecule has 0 spiro atoms. The van der Waals surface area contributed by atoms with Crippen LogP contribution in [-0.4, -0.2) is 15.3 Å². The van der Waals surface area contributed by atoms with Gasteiger partial charge in [-0.05, 0) is 43.2 Å². The van der Waals surface area contributed by atoms with Gasteiger partial charge in [0.25, 0.3) is 0 Å². The van der Waals surface area contributed by atoms with E-state index >= 15 is 0 Å². The van der Waals surface area contributed by atoms with Crippen LogP contribution in [0.25, 0.3) is 5.65 Å². The van der Waals surface area contributed by atoms with Gasteiger partial charge in [0.1, 0.15) is 11.5 Å². The lowest BCUT2D eigenvalue weighted by atomic mass is 10.1. The van der Waals surface area contributed by atoms with Gasteiger partial charge in [0.15, 0.2) is 0 Å². The van der Waals surface area contributed by atoms with E-state index in [0.29, 0.717) is 22.1 Å². The smallest absolute Gasteiger partial charge is 0.230 e. The zero-order chi connectivity index (χ0) is 16.6. The number of fused-ring (bicyclic) bond motifs is 1. The second kappa shape index (κ2) is 6.01. The summed E-state index contributed by atoms with van der Waals surface area (Å²) in [6.45, 7) is 3.84. The molecule has 0 aliphatic carbocycles. The van der Waals surface area contributed by atoms with Crippen LogP contribution >= 0.6 is 11.6 Å². The highest BCUT2D eigenvalue weighted by Crippen LogP contribution is 2.27. The fourth-order valence-corrected chi connectivity index (χ4v) is 2.89. The molecule has 0 atom stereocenters. The van der Waals surface area contributed by atoms with Crippen molar-refractivity contribution in [3.05, 3.63) is 64.3 Å². The van der Waals surface area contributed by atoms with Gasteiger partial charge in [-0.2, -0.15) is 0 Å². The van der Waals surface area contributed by atoms with E-state index in [0.717, 1.165) is 11.1 Å². The van der Waals surface area contributed by atoms with Crippen molar-refractivity contribution in [2.75, 3.05) is 5.32 Å². The molecule has 0 fully saturated rings. The molecule has 6 heteroatoms. The first-order valence-electron chi connectivity index (χ1n) is 7.12. The molecule has 23 heavy (non-hydrogen) atoms. The zero-order valence-electron chi connectivity index (χ0n) is 12.7. The maximum absolute atomic E-state index is 13.2. The van der Waals surface area contributed by atoms with Crippen molar-refractivity contribution < 1.29 is 9.18 Å². The van der Waals surface area contributed by atoms with Crippen LogP contribution in [0.15, 0.2) is 36.7 Å². The van der Waals surface area contributed by atoms with E-state index in [1.165, 1.54) is 12.3 Å². The zero-order valence-corrected chi connectivity index (χ0v) is 13.5. The van der Waals surface area contributed by atoms with Gasteiger partial charge in [0.05, 0.1) is 22.8 Å². The number of pyridine rings is 1. The summed E-state index contributed by atoms with van der Waals surface area (Å²) in [7, 11) is 0. The van der Waals surface area contributed by atoms with Crippen molar-refractivity contribution in [3.63, 3.8) is 0 Å². The average molecular weight is 332 g/mol. The van der Waals surface area contributed by atoms with E-state index in [1.54, 1.807) is 22.7 Å². The summed E-state index contributed by atoms with van der Waals surface area (Å²) in [4.78, 5) is 16.5. The molecule has 4 nitrogen and oxygen atoms in total. The Morgan fingerprint density at radius 3 is 2.83 bits per heavy atom. The molecule has 2 heterocycles. The number of hydrogen-bond donors (Lipinski definition) is 1. The number of amides is 1. The van der Waals surface area contributed by atoms with Crippen molar-refractivity contribution in [3.8, 4) is 0 Å². The molecule has 2 aromatic heterocycles. The number of anilines is 1. The van der Waals surface area contributed by atoms with Gasteiger partial charge in [0, 0.05) is 12.4 Å². The molecule has 118 valence electrons. The summed E-state index contributed by atoms with van der Waals surface area (Å²) >= 11 is 6.19. The van der Waals surface area contributed by atoms with Gasteiger partial charge >= 0.3 is 0 Å². The van der Waals surface area contributed by atoms with E-state index in [9.17, 15) is 9.18 Å². The van der Waals surface area contributed by atoms with Crippen molar-refractivity contribution >= 4 is 28.8 Å². The Labute approximate surface area is 137 Å². The number of nitrogens with zero attached hydrogens (tertiary/aromatic N) is 2. The Hall–Kier alpha value is -2.40. The highest BCUT2D eigenvalue weighted by atomic mass is 35.5. The van der Waals surface area contributed by atoms with Crippen molar-refractivity contribution in [2.24, 2.45) is 0 Å². The van der Waals surface area contributed by atoms with Crippen molar-refractivity contribution in [1.29, 1.82) is 0 Å². The molecule has 0 aliphatic heterocycles. The molecule has 1 N–H and O–H groups in total. The molecule has 3 rings (SSSR count). The number of halogens is 2. The Morgan fingerprint density at radius 2 is 2.09 bits per heavy atom. The maximum Gasteiger partial charge on any atom is 0.230 e. The number of nitrogens with one attached hydrogen (secondary N) is 1. The molecule has 1 amide bonds. The topological polar surface area (TPSA) is 46.4 Å². The minimum atomic E-state index is -0.354. The van der Waals surface area contributed by atoms with Crippen molar-refractivity contribution in [2.45, 2.75) is 20.3 Å². The van der Waals surface area contributed by atoms with Crippen LogP contribution in [0.1, 0.15) is 16.8 Å². The highest BCUT2D eigenvalue weighted by molar-refractivity contribution is 6.34. The first-order chi connectivity index (χ1) is 10.9. The fraction of sp³-hybridized carbons (Fsp3) is 0.176. The minimum absolute atomic E-state index is 0.0902. The van der Waals surface area contributed by atoms with Crippen LogP contribution in [0.5, 0.6) is 0 Å². The number of imidazole rings is 1. The van der Waals surface area contributed by atoms with Crippen LogP contribution in [0.3, 0.4) is 0 Å². The van der Waals surface area contributed by atoms with Gasteiger partial charge in [-0.3, -0.25) is 4.79 Å². The van der Waals surface area contributed by atoms with Crippen LogP contribution < -0.4 is 5.32 Å². The van der Waals surface area contributed by atoms with Crippen LogP contribution in [0.2, 0.25) is 5.02 Å². The first-order valence-corrected chi connectivity index (χ1v) is 7.50. The molecule has 0 bridgehead atoms. The molecule has 0 saturated heterocycles. The predicted molar refractivity (Wildman–Crippen MR) is 88.4 cm³/mol. The van der Waals surface area contributed by atoms with Gasteiger partial charge in [-0.1, -0.05) is 17.7 Å². The third-order valence-electron chi connectivity index (χ3n) is 3.50. The van der Waals surface area contributed by atoms with Gasteiger partial charge in [-0.25, -0.2) is 9.37 Å². The van der Waals surface area contributed by atoms with Gasteiger partial charge in [0.2, 0.25) is 5.91 Å². The monoisotopic (exact) mass is 331 g/mol. The Kier molecular flexibility index (Phi) is 4.05. The number of carbonyl (C=O) groups excluding carboxylic acids is 1. The van der Waals surface area contributed by atoms with E-state index < -0.39 is 0 Å². The largest absolute Gasteiger partial charge is 0.324 e. The first kappa shape index (κ1) is 15.5. The fourth-order valence-electron chi connectivity index (χ4n) is 2.52. The molecule has 0 unspecified atom stereocenters. The van der Waals surface area contributed by atoms with Gasteiger partial charge in [-0.15, -0.1) is 0 Å². The minimum Gasteiger partial charge on any atom is -0.324 e. The molecule has 1 aromatic carbocycles. The number of aryl methyl sites for hydroxylation is 2. The Morgan fingerprint density at radius 1 is 1.30 bits per heavy atom. The van der Waals surface area contributed by atoms with E-state index in [2.05, 4.69) is 10.3 Å². The summed E-state index contributed by atoms with van der Waals surface area (Å²) < 4.78 is 14.7. The standard InChI is InChI=1S/C17H15ClFN3O/c1-10-5-11(2)17(14(18)6-10)21-16(23)7-13-9-22-8-12(19)3-4-15(22)20-13/h3-6,8-9H,7H2,1-2H3,(H,21,23). The van der Waals surface area contributed by atoms with Gasteiger partial charge < -0.3 is 9.72 Å². The summed E-state index contributed by atoms with van der Waals surface area (Å²) in [6, 6.07) is 6.66. The number of aromatic nitrogens is 2. The molecule has 3 aromatic rings. The van der Waals surface area contributed by atoms with E-state index in [-0.39, 0.29) is 18.1 Å². The summed E-state index contributed by atoms with van der Waals surface area (Å²) in [5.41, 5.74) is 3.71. The third kappa shape index (κ3) is 3.35. The second-order valence-electron chi connectivity index (χ2n) is 5.51.